The molecule has 1 aromatic heterocycles. The lowest BCUT2D eigenvalue weighted by Gasteiger charge is -2.21. The third kappa shape index (κ3) is 3.67. The first-order valence-electron chi connectivity index (χ1n) is 7.06. The maximum Gasteiger partial charge on any atom is 0.147 e. The fraction of sp³-hybridized carbons (Fsp3) is 0.714. The molecular weight excluding hydrogens is 224 g/mol. The molecule has 1 fully saturated rings. The van der Waals surface area contributed by atoms with Crippen LogP contribution in [-0.4, -0.2) is 29.6 Å². The molecule has 0 saturated carbocycles. The molecule has 2 rings (SSSR count). The normalized spacial score (nSPS) is 20.8. The second-order valence-corrected chi connectivity index (χ2v) is 5.17. The molecule has 0 amide bonds. The minimum atomic E-state index is 0.807. The average molecular weight is 248 g/mol. The van der Waals surface area contributed by atoms with E-state index in [1.54, 1.807) is 0 Å². The topological polar surface area (TPSA) is 41.1 Å². The van der Waals surface area contributed by atoms with E-state index >= 15 is 0 Å². The molecule has 0 bridgehead atoms. The molecule has 4 heteroatoms. The van der Waals surface area contributed by atoms with E-state index in [-0.39, 0.29) is 0 Å². The minimum absolute atomic E-state index is 0.807. The zero-order valence-electron chi connectivity index (χ0n) is 11.5. The summed E-state index contributed by atoms with van der Waals surface area (Å²) in [4.78, 5) is 11.4. The van der Waals surface area contributed by atoms with E-state index in [1.165, 1.54) is 19.3 Å². The van der Waals surface area contributed by atoms with E-state index in [2.05, 4.69) is 29.0 Å². The van der Waals surface area contributed by atoms with E-state index < -0.39 is 0 Å². The molecule has 1 atom stereocenters. The van der Waals surface area contributed by atoms with E-state index in [0.29, 0.717) is 0 Å². The second-order valence-electron chi connectivity index (χ2n) is 5.17. The highest BCUT2D eigenvalue weighted by Crippen LogP contribution is 2.20. The van der Waals surface area contributed by atoms with Crippen LogP contribution in [0.4, 0.5) is 5.82 Å². The van der Waals surface area contributed by atoms with Crippen molar-refractivity contribution in [3.05, 3.63) is 18.1 Å². The highest BCUT2D eigenvalue weighted by molar-refractivity contribution is 5.36. The van der Waals surface area contributed by atoms with Crippen LogP contribution in [0.5, 0.6) is 0 Å². The van der Waals surface area contributed by atoms with Crippen LogP contribution in [0.2, 0.25) is 0 Å². The minimum Gasteiger partial charge on any atom is -0.355 e. The summed E-state index contributed by atoms with van der Waals surface area (Å²) in [5.74, 6) is 1.88. The highest BCUT2D eigenvalue weighted by atomic mass is 15.2. The van der Waals surface area contributed by atoms with Crippen LogP contribution in [0.25, 0.3) is 0 Å². The molecule has 4 nitrogen and oxygen atoms in total. The van der Waals surface area contributed by atoms with Crippen LogP contribution >= 0.6 is 0 Å². The number of nitrogens with zero attached hydrogens (tertiary/aromatic N) is 3. The van der Waals surface area contributed by atoms with Crippen molar-refractivity contribution in [1.29, 1.82) is 0 Å². The van der Waals surface area contributed by atoms with Crippen molar-refractivity contribution >= 4 is 5.82 Å². The van der Waals surface area contributed by atoms with Gasteiger partial charge in [0.2, 0.25) is 0 Å². The molecule has 1 aromatic rings. The molecule has 1 aliphatic heterocycles. The summed E-state index contributed by atoms with van der Waals surface area (Å²) in [6, 6.07) is 0. The van der Waals surface area contributed by atoms with Crippen molar-refractivity contribution in [1.82, 2.24) is 15.3 Å². The fourth-order valence-corrected chi connectivity index (χ4v) is 2.38. The molecule has 0 aromatic carbocycles. The van der Waals surface area contributed by atoms with Gasteiger partial charge in [0.15, 0.2) is 0 Å². The van der Waals surface area contributed by atoms with Crippen molar-refractivity contribution in [2.45, 2.75) is 39.7 Å². The first-order valence-corrected chi connectivity index (χ1v) is 7.06. The van der Waals surface area contributed by atoms with E-state index in [9.17, 15) is 0 Å². The lowest BCUT2D eigenvalue weighted by atomic mass is 10.0. The molecule has 1 N–H and O–H groups in total. The standard InChI is InChI=1S/C14H24N4/c1-3-15-9-13-10-16-11-14(17-13)18-7-4-5-12(2)6-8-18/h10-12,15H,3-9H2,1-2H3. The summed E-state index contributed by atoms with van der Waals surface area (Å²) in [5, 5.41) is 3.29. The van der Waals surface area contributed by atoms with Crippen molar-refractivity contribution in [2.24, 2.45) is 5.92 Å². The number of anilines is 1. The van der Waals surface area contributed by atoms with Gasteiger partial charge in [0.1, 0.15) is 5.82 Å². The largest absolute Gasteiger partial charge is 0.355 e. The Labute approximate surface area is 110 Å². The number of rotatable bonds is 4. The summed E-state index contributed by atoms with van der Waals surface area (Å²) in [6.45, 7) is 8.45. The number of hydrogen-bond donors (Lipinski definition) is 1. The van der Waals surface area contributed by atoms with Gasteiger partial charge in [0.25, 0.3) is 0 Å². The Kier molecular flexibility index (Phi) is 4.93. The van der Waals surface area contributed by atoms with Crippen molar-refractivity contribution in [3.63, 3.8) is 0 Å². The molecule has 0 radical (unpaired) electrons. The van der Waals surface area contributed by atoms with Gasteiger partial charge in [-0.3, -0.25) is 4.98 Å². The predicted octanol–water partition coefficient (Wildman–Crippen LogP) is 2.21. The number of hydrogen-bond acceptors (Lipinski definition) is 4. The van der Waals surface area contributed by atoms with Crippen LogP contribution in [0.15, 0.2) is 12.4 Å². The van der Waals surface area contributed by atoms with E-state index in [0.717, 1.165) is 43.6 Å². The zero-order chi connectivity index (χ0) is 12.8. The van der Waals surface area contributed by atoms with Gasteiger partial charge >= 0.3 is 0 Å². The predicted molar refractivity (Wildman–Crippen MR) is 74.6 cm³/mol. The zero-order valence-corrected chi connectivity index (χ0v) is 11.5. The summed E-state index contributed by atoms with van der Waals surface area (Å²) >= 11 is 0. The van der Waals surface area contributed by atoms with Gasteiger partial charge in [-0.2, -0.15) is 0 Å². The molecule has 1 unspecified atom stereocenters. The van der Waals surface area contributed by atoms with Crippen LogP contribution in [-0.2, 0) is 6.54 Å². The smallest absolute Gasteiger partial charge is 0.147 e. The maximum atomic E-state index is 4.70. The number of aromatic nitrogens is 2. The monoisotopic (exact) mass is 248 g/mol. The van der Waals surface area contributed by atoms with Crippen molar-refractivity contribution < 1.29 is 0 Å². The van der Waals surface area contributed by atoms with Gasteiger partial charge in [-0.1, -0.05) is 13.8 Å². The highest BCUT2D eigenvalue weighted by Gasteiger charge is 2.15. The van der Waals surface area contributed by atoms with Crippen molar-refractivity contribution in [3.8, 4) is 0 Å². The van der Waals surface area contributed by atoms with Crippen LogP contribution in [0.1, 0.15) is 38.8 Å². The first-order chi connectivity index (χ1) is 8.79. The summed E-state index contributed by atoms with van der Waals surface area (Å²) < 4.78 is 0. The Morgan fingerprint density at radius 3 is 3.06 bits per heavy atom. The Hall–Kier alpha value is -1.16. The van der Waals surface area contributed by atoms with Gasteiger partial charge in [-0.15, -0.1) is 0 Å². The van der Waals surface area contributed by atoms with Gasteiger partial charge in [-0.05, 0) is 31.7 Å². The van der Waals surface area contributed by atoms with Gasteiger partial charge in [0, 0.05) is 25.8 Å². The molecule has 2 heterocycles. The summed E-state index contributed by atoms with van der Waals surface area (Å²) in [7, 11) is 0. The second kappa shape index (κ2) is 6.69. The lowest BCUT2D eigenvalue weighted by molar-refractivity contribution is 0.521. The Balaban J connectivity index is 2.02. The van der Waals surface area contributed by atoms with Crippen LogP contribution in [0.3, 0.4) is 0 Å². The van der Waals surface area contributed by atoms with Gasteiger partial charge < -0.3 is 10.2 Å². The van der Waals surface area contributed by atoms with Gasteiger partial charge in [-0.25, -0.2) is 4.98 Å². The molecule has 0 aliphatic carbocycles. The van der Waals surface area contributed by atoms with E-state index in [1.807, 2.05) is 12.4 Å². The third-order valence-corrected chi connectivity index (χ3v) is 3.57. The Bertz CT molecular complexity index is 367. The lowest BCUT2D eigenvalue weighted by Crippen LogP contribution is -2.26. The SMILES string of the molecule is CCNCc1cncc(N2CCCC(C)CC2)n1. The Morgan fingerprint density at radius 1 is 1.33 bits per heavy atom. The molecule has 0 spiro atoms. The van der Waals surface area contributed by atoms with Crippen LogP contribution in [0, 0.1) is 5.92 Å². The first kappa shape index (κ1) is 13.3. The summed E-state index contributed by atoms with van der Waals surface area (Å²) in [6.07, 6.45) is 7.61. The third-order valence-electron chi connectivity index (χ3n) is 3.57. The molecular formula is C14H24N4. The molecule has 100 valence electrons. The average Bonchev–Trinajstić information content (AvgIpc) is 2.61. The van der Waals surface area contributed by atoms with Crippen molar-refractivity contribution in [2.75, 3.05) is 24.5 Å². The van der Waals surface area contributed by atoms with Crippen LogP contribution < -0.4 is 10.2 Å². The molecule has 1 aliphatic rings. The fourth-order valence-electron chi connectivity index (χ4n) is 2.38. The van der Waals surface area contributed by atoms with E-state index in [4.69, 9.17) is 4.98 Å². The van der Waals surface area contributed by atoms with Gasteiger partial charge in [0.05, 0.1) is 11.9 Å². The molecule has 1 saturated heterocycles. The molecule has 18 heavy (non-hydrogen) atoms. The summed E-state index contributed by atoms with van der Waals surface area (Å²) in [5.41, 5.74) is 1.03. The quantitative estimate of drug-likeness (QED) is 0.887. The maximum absolute atomic E-state index is 4.70. The number of nitrogens with one attached hydrogen (secondary N) is 1. The Morgan fingerprint density at radius 2 is 2.22 bits per heavy atom.